The number of aliphatic hydroxyl groups is 1. The van der Waals surface area contributed by atoms with E-state index in [2.05, 4.69) is 45.0 Å². The van der Waals surface area contributed by atoms with Gasteiger partial charge in [0.15, 0.2) is 0 Å². The van der Waals surface area contributed by atoms with Gasteiger partial charge in [-0.25, -0.2) is 0 Å². The van der Waals surface area contributed by atoms with Gasteiger partial charge in [-0.1, -0.05) is 27.7 Å². The Kier molecular flexibility index (Phi) is 5.63. The Bertz CT molecular complexity index is 251. The Hall–Kier alpha value is -0.120. The van der Waals surface area contributed by atoms with Crippen LogP contribution in [0.1, 0.15) is 40.5 Å². The lowest BCUT2D eigenvalue weighted by Gasteiger charge is -2.41. The van der Waals surface area contributed by atoms with E-state index in [1.54, 1.807) is 0 Å². The lowest BCUT2D eigenvalue weighted by Crippen LogP contribution is -2.45. The zero-order chi connectivity index (χ0) is 13.8. The number of likely N-dealkylation sites (tertiary alicyclic amines) is 1. The van der Waals surface area contributed by atoms with Gasteiger partial charge in [0.25, 0.3) is 0 Å². The molecule has 0 spiro atoms. The van der Waals surface area contributed by atoms with Gasteiger partial charge in [-0.3, -0.25) is 0 Å². The first-order valence-corrected chi connectivity index (χ1v) is 7.27. The van der Waals surface area contributed by atoms with E-state index in [0.717, 1.165) is 19.0 Å². The minimum atomic E-state index is -0.0144. The van der Waals surface area contributed by atoms with Crippen LogP contribution in [0.3, 0.4) is 0 Å². The molecule has 1 unspecified atom stereocenters. The molecule has 0 bridgehead atoms. The summed E-state index contributed by atoms with van der Waals surface area (Å²) in [6.07, 6.45) is 2.68. The Morgan fingerprint density at radius 2 is 1.89 bits per heavy atom. The van der Waals surface area contributed by atoms with Gasteiger partial charge in [-0.2, -0.15) is 0 Å². The molecule has 1 aliphatic heterocycles. The standard InChI is InChI=1S/C15H32N2O/c1-14(2,12-18)10-16-11-15(3,4)13-7-6-8-17(5)9-13/h13,16,18H,6-12H2,1-5H3. The van der Waals surface area contributed by atoms with E-state index in [1.165, 1.54) is 25.9 Å². The summed E-state index contributed by atoms with van der Waals surface area (Å²) in [5.74, 6) is 0.779. The van der Waals surface area contributed by atoms with Crippen LogP contribution in [0.4, 0.5) is 0 Å². The van der Waals surface area contributed by atoms with Crippen LogP contribution in [0.15, 0.2) is 0 Å². The Balaban J connectivity index is 2.39. The van der Waals surface area contributed by atoms with E-state index < -0.39 is 0 Å². The fourth-order valence-electron chi connectivity index (χ4n) is 2.73. The maximum absolute atomic E-state index is 9.26. The summed E-state index contributed by atoms with van der Waals surface area (Å²) >= 11 is 0. The number of nitrogens with zero attached hydrogens (tertiary/aromatic N) is 1. The quantitative estimate of drug-likeness (QED) is 0.762. The van der Waals surface area contributed by atoms with Gasteiger partial charge in [0.1, 0.15) is 0 Å². The molecule has 0 aliphatic carbocycles. The van der Waals surface area contributed by atoms with Gasteiger partial charge in [-0.15, -0.1) is 0 Å². The summed E-state index contributed by atoms with van der Waals surface area (Å²) < 4.78 is 0. The molecule has 1 rings (SSSR count). The molecule has 0 radical (unpaired) electrons. The number of aliphatic hydroxyl groups excluding tert-OH is 1. The molecule has 1 fully saturated rings. The van der Waals surface area contributed by atoms with Gasteiger partial charge in [0, 0.05) is 31.7 Å². The zero-order valence-corrected chi connectivity index (χ0v) is 12.9. The number of rotatable bonds is 6. The van der Waals surface area contributed by atoms with Crippen molar-refractivity contribution in [1.82, 2.24) is 10.2 Å². The van der Waals surface area contributed by atoms with Crippen LogP contribution in [0.25, 0.3) is 0 Å². The smallest absolute Gasteiger partial charge is 0.0494 e. The van der Waals surface area contributed by atoms with E-state index in [-0.39, 0.29) is 12.0 Å². The molecule has 0 aromatic heterocycles. The predicted molar refractivity (Wildman–Crippen MR) is 77.7 cm³/mol. The maximum atomic E-state index is 9.26. The minimum absolute atomic E-state index is 0.0144. The predicted octanol–water partition coefficient (Wildman–Crippen LogP) is 1.96. The van der Waals surface area contributed by atoms with Crippen LogP contribution in [-0.2, 0) is 0 Å². The van der Waals surface area contributed by atoms with Gasteiger partial charge in [0.05, 0.1) is 0 Å². The molecule has 1 heterocycles. The van der Waals surface area contributed by atoms with Crippen LogP contribution < -0.4 is 5.32 Å². The third-order valence-electron chi connectivity index (χ3n) is 4.34. The molecule has 0 aromatic rings. The number of hydrogen-bond donors (Lipinski definition) is 2. The molecular formula is C15H32N2O. The first-order chi connectivity index (χ1) is 8.27. The third-order valence-corrected chi connectivity index (χ3v) is 4.34. The van der Waals surface area contributed by atoms with Crippen molar-refractivity contribution in [2.75, 3.05) is 39.8 Å². The van der Waals surface area contributed by atoms with E-state index in [9.17, 15) is 5.11 Å². The van der Waals surface area contributed by atoms with E-state index >= 15 is 0 Å². The number of piperidine rings is 1. The Morgan fingerprint density at radius 3 is 2.44 bits per heavy atom. The molecule has 18 heavy (non-hydrogen) atoms. The monoisotopic (exact) mass is 256 g/mol. The molecule has 0 amide bonds. The van der Waals surface area contributed by atoms with Gasteiger partial charge in [0.2, 0.25) is 0 Å². The van der Waals surface area contributed by atoms with Gasteiger partial charge >= 0.3 is 0 Å². The molecule has 3 heteroatoms. The van der Waals surface area contributed by atoms with Crippen LogP contribution in [0.2, 0.25) is 0 Å². The average Bonchev–Trinajstić information content (AvgIpc) is 2.28. The molecule has 3 nitrogen and oxygen atoms in total. The highest BCUT2D eigenvalue weighted by Gasteiger charge is 2.32. The lowest BCUT2D eigenvalue weighted by atomic mass is 9.74. The SMILES string of the molecule is CN1CCCC(C(C)(C)CNCC(C)(C)CO)C1. The molecule has 1 atom stereocenters. The maximum Gasteiger partial charge on any atom is 0.0494 e. The van der Waals surface area contributed by atoms with Crippen molar-refractivity contribution in [2.24, 2.45) is 16.7 Å². The molecule has 1 aliphatic rings. The summed E-state index contributed by atoms with van der Waals surface area (Å²) in [4.78, 5) is 2.45. The van der Waals surface area contributed by atoms with Crippen molar-refractivity contribution in [3.8, 4) is 0 Å². The van der Waals surface area contributed by atoms with E-state index in [4.69, 9.17) is 0 Å². The van der Waals surface area contributed by atoms with E-state index in [1.807, 2.05) is 0 Å². The molecule has 0 aromatic carbocycles. The summed E-state index contributed by atoms with van der Waals surface area (Å²) in [6, 6.07) is 0. The summed E-state index contributed by atoms with van der Waals surface area (Å²) in [6.45, 7) is 13.6. The van der Waals surface area contributed by atoms with Crippen LogP contribution >= 0.6 is 0 Å². The normalized spacial score (nSPS) is 23.3. The fraction of sp³-hybridized carbons (Fsp3) is 1.00. The zero-order valence-electron chi connectivity index (χ0n) is 12.9. The summed E-state index contributed by atoms with van der Waals surface area (Å²) in [5, 5.41) is 12.8. The fourth-order valence-corrected chi connectivity index (χ4v) is 2.73. The highest BCUT2D eigenvalue weighted by molar-refractivity contribution is 4.85. The van der Waals surface area contributed by atoms with Crippen molar-refractivity contribution in [3.63, 3.8) is 0 Å². The second-order valence-electron chi connectivity index (χ2n) is 7.52. The molecule has 1 saturated heterocycles. The van der Waals surface area contributed by atoms with Crippen molar-refractivity contribution in [2.45, 2.75) is 40.5 Å². The first kappa shape index (κ1) is 15.9. The van der Waals surface area contributed by atoms with Gasteiger partial charge < -0.3 is 15.3 Å². The first-order valence-electron chi connectivity index (χ1n) is 7.27. The Morgan fingerprint density at radius 1 is 1.22 bits per heavy atom. The second-order valence-corrected chi connectivity index (χ2v) is 7.52. The van der Waals surface area contributed by atoms with Crippen molar-refractivity contribution in [1.29, 1.82) is 0 Å². The third kappa shape index (κ3) is 4.87. The highest BCUT2D eigenvalue weighted by Crippen LogP contribution is 2.33. The van der Waals surface area contributed by atoms with Crippen LogP contribution in [-0.4, -0.2) is 49.8 Å². The average molecular weight is 256 g/mol. The summed E-state index contributed by atoms with van der Waals surface area (Å²) in [7, 11) is 2.23. The molecule has 2 N–H and O–H groups in total. The topological polar surface area (TPSA) is 35.5 Å². The van der Waals surface area contributed by atoms with E-state index in [0.29, 0.717) is 5.41 Å². The largest absolute Gasteiger partial charge is 0.396 e. The molecule has 0 saturated carbocycles. The van der Waals surface area contributed by atoms with Crippen LogP contribution in [0.5, 0.6) is 0 Å². The second kappa shape index (κ2) is 6.36. The van der Waals surface area contributed by atoms with Crippen molar-refractivity contribution >= 4 is 0 Å². The number of hydrogen-bond acceptors (Lipinski definition) is 3. The van der Waals surface area contributed by atoms with Gasteiger partial charge in [-0.05, 0) is 37.8 Å². The Labute approximate surface area is 113 Å². The molecule has 108 valence electrons. The number of nitrogens with one attached hydrogen (secondary N) is 1. The molecular weight excluding hydrogens is 224 g/mol. The van der Waals surface area contributed by atoms with Crippen LogP contribution in [0, 0.1) is 16.7 Å². The summed E-state index contributed by atoms with van der Waals surface area (Å²) in [5.41, 5.74) is 0.319. The van der Waals surface area contributed by atoms with Crippen molar-refractivity contribution < 1.29 is 5.11 Å². The highest BCUT2D eigenvalue weighted by atomic mass is 16.3. The van der Waals surface area contributed by atoms with Crippen molar-refractivity contribution in [3.05, 3.63) is 0 Å². The lowest BCUT2D eigenvalue weighted by molar-refractivity contribution is 0.0952. The minimum Gasteiger partial charge on any atom is -0.396 e.